The molecule has 2 saturated heterocycles. The third-order valence-electron chi connectivity index (χ3n) is 4.72. The smallest absolute Gasteiger partial charge is 0.318 e. The summed E-state index contributed by atoms with van der Waals surface area (Å²) < 4.78 is 11.0. The maximum Gasteiger partial charge on any atom is 0.318 e. The lowest BCUT2D eigenvalue weighted by Gasteiger charge is -2.38. The zero-order chi connectivity index (χ0) is 15.9. The molecule has 5 heteroatoms. The summed E-state index contributed by atoms with van der Waals surface area (Å²) in [5.74, 6) is 0.639. The van der Waals surface area contributed by atoms with Crippen LogP contribution in [0.2, 0.25) is 0 Å². The van der Waals surface area contributed by atoms with Gasteiger partial charge in [-0.25, -0.2) is 4.79 Å². The molecular formula is C18H26N2O3. The first-order valence-corrected chi connectivity index (χ1v) is 8.57. The van der Waals surface area contributed by atoms with Crippen LogP contribution in [0.4, 0.5) is 4.79 Å². The van der Waals surface area contributed by atoms with Gasteiger partial charge >= 0.3 is 6.03 Å². The molecular weight excluding hydrogens is 292 g/mol. The Morgan fingerprint density at radius 3 is 2.70 bits per heavy atom. The Morgan fingerprint density at radius 1 is 1.13 bits per heavy atom. The first-order valence-electron chi connectivity index (χ1n) is 8.57. The van der Waals surface area contributed by atoms with E-state index in [2.05, 4.69) is 5.32 Å². The minimum absolute atomic E-state index is 0.0224. The van der Waals surface area contributed by atoms with E-state index in [1.54, 1.807) is 0 Å². The number of nitrogens with zero attached hydrogens (tertiary/aromatic N) is 1. The summed E-state index contributed by atoms with van der Waals surface area (Å²) in [4.78, 5) is 14.5. The average Bonchev–Trinajstić information content (AvgIpc) is 2.62. The topological polar surface area (TPSA) is 50.8 Å². The van der Waals surface area contributed by atoms with Crippen LogP contribution >= 0.6 is 0 Å². The molecule has 2 heterocycles. The van der Waals surface area contributed by atoms with E-state index >= 15 is 0 Å². The quantitative estimate of drug-likeness (QED) is 0.927. The number of hydrogen-bond donors (Lipinski definition) is 1. The molecule has 0 radical (unpaired) electrons. The Labute approximate surface area is 137 Å². The molecule has 2 amide bonds. The number of rotatable bonds is 4. The first-order chi connectivity index (χ1) is 11.3. The molecule has 2 fully saturated rings. The summed E-state index contributed by atoms with van der Waals surface area (Å²) in [6, 6.07) is 10.2. The molecule has 0 aromatic heterocycles. The van der Waals surface area contributed by atoms with E-state index in [4.69, 9.17) is 9.47 Å². The first kappa shape index (κ1) is 16.3. The van der Waals surface area contributed by atoms with Crippen LogP contribution in [0.1, 0.15) is 24.8 Å². The Hall–Kier alpha value is -1.59. The van der Waals surface area contributed by atoms with E-state index in [0.29, 0.717) is 32.2 Å². The van der Waals surface area contributed by atoms with Crippen molar-refractivity contribution in [1.82, 2.24) is 10.2 Å². The van der Waals surface area contributed by atoms with Crippen molar-refractivity contribution in [2.45, 2.75) is 31.8 Å². The van der Waals surface area contributed by atoms with Gasteiger partial charge in [0.25, 0.3) is 0 Å². The fourth-order valence-corrected chi connectivity index (χ4v) is 3.36. The summed E-state index contributed by atoms with van der Waals surface area (Å²) in [5.41, 5.74) is 1.12. The molecule has 3 rings (SSSR count). The highest BCUT2D eigenvalue weighted by molar-refractivity contribution is 5.74. The minimum atomic E-state index is 0.0224. The summed E-state index contributed by atoms with van der Waals surface area (Å²) in [6.45, 7) is 4.21. The van der Waals surface area contributed by atoms with Gasteiger partial charge in [0.05, 0.1) is 19.3 Å². The average molecular weight is 318 g/mol. The number of carbonyl (C=O) groups excluding carboxylic acids is 1. The van der Waals surface area contributed by atoms with E-state index in [9.17, 15) is 4.79 Å². The summed E-state index contributed by atoms with van der Waals surface area (Å²) in [7, 11) is 0. The van der Waals surface area contributed by atoms with Crippen LogP contribution < -0.4 is 5.32 Å². The number of amides is 2. The molecule has 2 aliphatic rings. The van der Waals surface area contributed by atoms with Crippen LogP contribution in [0, 0.1) is 5.92 Å². The molecule has 1 N–H and O–H groups in total. The number of hydrogen-bond acceptors (Lipinski definition) is 3. The van der Waals surface area contributed by atoms with Gasteiger partial charge in [-0.3, -0.25) is 0 Å². The van der Waals surface area contributed by atoms with Crippen LogP contribution in [-0.2, 0) is 16.0 Å². The largest absolute Gasteiger partial charge is 0.381 e. The Bertz CT molecular complexity index is 488. The van der Waals surface area contributed by atoms with E-state index in [1.165, 1.54) is 0 Å². The molecule has 1 aromatic carbocycles. The fourth-order valence-electron chi connectivity index (χ4n) is 3.36. The van der Waals surface area contributed by atoms with Gasteiger partial charge in [-0.05, 0) is 30.7 Å². The number of urea groups is 1. The highest BCUT2D eigenvalue weighted by Crippen LogP contribution is 2.24. The highest BCUT2D eigenvalue weighted by Gasteiger charge is 2.30. The Balaban J connectivity index is 1.53. The van der Waals surface area contributed by atoms with Crippen LogP contribution in [0.3, 0.4) is 0 Å². The molecule has 0 saturated carbocycles. The van der Waals surface area contributed by atoms with Crippen molar-refractivity contribution in [2.75, 3.05) is 33.0 Å². The summed E-state index contributed by atoms with van der Waals surface area (Å²) >= 11 is 0. The molecule has 0 unspecified atom stereocenters. The van der Waals surface area contributed by atoms with Gasteiger partial charge in [0.15, 0.2) is 0 Å². The van der Waals surface area contributed by atoms with Gasteiger partial charge in [-0.15, -0.1) is 0 Å². The molecule has 0 aliphatic carbocycles. The Kier molecular flexibility index (Phi) is 5.88. The zero-order valence-electron chi connectivity index (χ0n) is 13.6. The monoisotopic (exact) mass is 318 g/mol. The summed E-state index contributed by atoms with van der Waals surface area (Å²) in [5, 5.41) is 3.04. The predicted molar refractivity (Wildman–Crippen MR) is 88.2 cm³/mol. The lowest BCUT2D eigenvalue weighted by molar-refractivity contribution is -0.00750. The second kappa shape index (κ2) is 8.31. The number of carbonyl (C=O) groups is 1. The van der Waals surface area contributed by atoms with Gasteiger partial charge in [0.1, 0.15) is 0 Å². The van der Waals surface area contributed by atoms with Gasteiger partial charge in [-0.2, -0.15) is 0 Å². The van der Waals surface area contributed by atoms with Crippen LogP contribution in [0.15, 0.2) is 30.3 Å². The van der Waals surface area contributed by atoms with E-state index in [1.807, 2.05) is 35.2 Å². The third kappa shape index (κ3) is 4.69. The maximum atomic E-state index is 12.6. The normalized spacial score (nSPS) is 22.8. The lowest BCUT2D eigenvalue weighted by Crippen LogP contribution is -2.53. The van der Waals surface area contributed by atoms with E-state index in [0.717, 1.165) is 38.0 Å². The van der Waals surface area contributed by atoms with Crippen molar-refractivity contribution < 1.29 is 14.3 Å². The molecule has 2 aliphatic heterocycles. The van der Waals surface area contributed by atoms with Crippen molar-refractivity contribution in [3.8, 4) is 0 Å². The molecule has 0 bridgehead atoms. The number of benzene rings is 1. The van der Waals surface area contributed by atoms with Crippen molar-refractivity contribution in [2.24, 2.45) is 5.92 Å². The molecule has 126 valence electrons. The number of nitrogens with one attached hydrogen (secondary N) is 1. The van der Waals surface area contributed by atoms with E-state index < -0.39 is 0 Å². The van der Waals surface area contributed by atoms with Crippen LogP contribution in [0.25, 0.3) is 0 Å². The molecule has 0 spiro atoms. The number of ether oxygens (including phenoxy) is 2. The molecule has 23 heavy (non-hydrogen) atoms. The van der Waals surface area contributed by atoms with Gasteiger partial charge in [0, 0.05) is 26.3 Å². The second-order valence-corrected chi connectivity index (χ2v) is 6.36. The van der Waals surface area contributed by atoms with Crippen molar-refractivity contribution in [3.05, 3.63) is 35.9 Å². The van der Waals surface area contributed by atoms with Crippen molar-refractivity contribution in [1.29, 1.82) is 0 Å². The summed E-state index contributed by atoms with van der Waals surface area (Å²) in [6.07, 6.45) is 3.20. The standard InChI is InChI=1S/C18H26N2O3/c21-18(19-13-16-4-2-1-3-5-16)20-8-11-23-14-17(20)12-15-6-9-22-10-7-15/h1-5,15,17H,6-14H2,(H,19,21)/t17-/m0/s1. The van der Waals surface area contributed by atoms with E-state index in [-0.39, 0.29) is 12.1 Å². The van der Waals surface area contributed by atoms with Gasteiger partial charge < -0.3 is 19.7 Å². The Morgan fingerprint density at radius 2 is 1.91 bits per heavy atom. The number of morpholine rings is 1. The fraction of sp³-hybridized carbons (Fsp3) is 0.611. The molecule has 1 aromatic rings. The predicted octanol–water partition coefficient (Wildman–Crippen LogP) is 2.41. The molecule has 1 atom stereocenters. The molecule has 5 nitrogen and oxygen atoms in total. The minimum Gasteiger partial charge on any atom is -0.381 e. The van der Waals surface area contributed by atoms with Crippen LogP contribution in [0.5, 0.6) is 0 Å². The van der Waals surface area contributed by atoms with Crippen molar-refractivity contribution >= 4 is 6.03 Å². The van der Waals surface area contributed by atoms with Crippen LogP contribution in [-0.4, -0.2) is 49.9 Å². The highest BCUT2D eigenvalue weighted by atomic mass is 16.5. The lowest BCUT2D eigenvalue weighted by atomic mass is 9.92. The zero-order valence-corrected chi connectivity index (χ0v) is 13.6. The van der Waals surface area contributed by atoms with Gasteiger partial charge in [0.2, 0.25) is 0 Å². The van der Waals surface area contributed by atoms with Gasteiger partial charge in [-0.1, -0.05) is 30.3 Å². The second-order valence-electron chi connectivity index (χ2n) is 6.36. The SMILES string of the molecule is O=C(NCc1ccccc1)N1CCOC[C@@H]1CC1CCOCC1. The maximum absolute atomic E-state index is 12.6. The third-order valence-corrected chi connectivity index (χ3v) is 4.72. The van der Waals surface area contributed by atoms with Crippen molar-refractivity contribution in [3.63, 3.8) is 0 Å².